The molecule has 1 aliphatic rings. The number of benzene rings is 2. The second-order valence-electron chi connectivity index (χ2n) is 6.48. The van der Waals surface area contributed by atoms with Crippen molar-refractivity contribution >= 4 is 23.6 Å². The summed E-state index contributed by atoms with van der Waals surface area (Å²) in [6.45, 7) is 0. The first kappa shape index (κ1) is 20.1. The molecule has 1 aliphatic carbocycles. The van der Waals surface area contributed by atoms with E-state index in [4.69, 9.17) is 14.2 Å². The average molecular weight is 395 g/mol. The molecule has 0 spiro atoms. The first-order valence-corrected chi connectivity index (χ1v) is 8.97. The van der Waals surface area contributed by atoms with Gasteiger partial charge in [-0.15, -0.1) is 0 Å². The molecule has 0 amide bonds. The molecule has 0 heterocycles. The first-order chi connectivity index (χ1) is 14.0. The summed E-state index contributed by atoms with van der Waals surface area (Å²) in [5.41, 5.74) is 2.92. The van der Waals surface area contributed by atoms with Crippen molar-refractivity contribution in [3.8, 4) is 17.2 Å². The van der Waals surface area contributed by atoms with E-state index in [9.17, 15) is 14.9 Å². The number of carbonyl (C=O) groups is 1. The third-order valence-electron chi connectivity index (χ3n) is 4.72. The Morgan fingerprint density at radius 3 is 1.83 bits per heavy atom. The van der Waals surface area contributed by atoms with Crippen molar-refractivity contribution in [2.75, 3.05) is 21.3 Å². The maximum atomic E-state index is 12.8. The van der Waals surface area contributed by atoms with Crippen LogP contribution in [0.15, 0.2) is 47.5 Å². The monoisotopic (exact) mass is 395 g/mol. The predicted molar refractivity (Wildman–Crippen MR) is 109 cm³/mol. The smallest absolute Gasteiger partial charge is 0.269 e. The number of hydrogen-bond donors (Lipinski definition) is 0. The molecule has 1 fully saturated rings. The molecular weight excluding hydrogens is 374 g/mol. The highest BCUT2D eigenvalue weighted by molar-refractivity contribution is 6.15. The lowest BCUT2D eigenvalue weighted by molar-refractivity contribution is -0.384. The van der Waals surface area contributed by atoms with Gasteiger partial charge in [0.25, 0.3) is 5.69 Å². The van der Waals surface area contributed by atoms with Crippen LogP contribution < -0.4 is 14.2 Å². The topological polar surface area (TPSA) is 87.9 Å². The molecule has 2 aromatic rings. The van der Waals surface area contributed by atoms with Gasteiger partial charge < -0.3 is 14.2 Å². The quantitative estimate of drug-likeness (QED) is 0.408. The number of hydrogen-bond acceptors (Lipinski definition) is 6. The van der Waals surface area contributed by atoms with Gasteiger partial charge in [0.05, 0.1) is 26.3 Å². The number of nitro groups is 1. The van der Waals surface area contributed by atoms with Crippen LogP contribution in [0.2, 0.25) is 0 Å². The molecule has 7 nitrogen and oxygen atoms in total. The highest BCUT2D eigenvalue weighted by atomic mass is 16.6. The Hall–Kier alpha value is -3.61. The van der Waals surface area contributed by atoms with Crippen LogP contribution in [-0.4, -0.2) is 32.0 Å². The Morgan fingerprint density at radius 2 is 1.38 bits per heavy atom. The van der Waals surface area contributed by atoms with Crippen LogP contribution in [0.25, 0.3) is 12.2 Å². The standard InChI is InChI=1S/C22H21NO6/c1-27-19-12-15(13-20(28-2)22(19)29-3)11-17-7-6-16(21(17)24)10-14-4-8-18(9-5-14)23(25)26/h4-5,8-13H,6-7H2,1-3H3/b16-10+,17-11+. The number of nitro benzene ring substituents is 1. The largest absolute Gasteiger partial charge is 0.493 e. The maximum absolute atomic E-state index is 12.8. The van der Waals surface area contributed by atoms with Gasteiger partial charge in [0, 0.05) is 23.3 Å². The van der Waals surface area contributed by atoms with Crippen LogP contribution >= 0.6 is 0 Å². The van der Waals surface area contributed by atoms with E-state index >= 15 is 0 Å². The van der Waals surface area contributed by atoms with E-state index in [-0.39, 0.29) is 11.5 Å². The Morgan fingerprint density at radius 1 is 0.862 bits per heavy atom. The van der Waals surface area contributed by atoms with Gasteiger partial charge in [-0.1, -0.05) is 0 Å². The molecule has 7 heteroatoms. The highest BCUT2D eigenvalue weighted by Crippen LogP contribution is 2.39. The van der Waals surface area contributed by atoms with E-state index in [1.165, 1.54) is 19.2 Å². The molecular formula is C22H21NO6. The van der Waals surface area contributed by atoms with Crippen LogP contribution in [0.4, 0.5) is 5.69 Å². The van der Waals surface area contributed by atoms with Crippen molar-refractivity contribution < 1.29 is 23.9 Å². The fourth-order valence-electron chi connectivity index (χ4n) is 3.26. The van der Waals surface area contributed by atoms with Crippen molar-refractivity contribution in [3.63, 3.8) is 0 Å². The van der Waals surface area contributed by atoms with Gasteiger partial charge in [-0.2, -0.15) is 0 Å². The van der Waals surface area contributed by atoms with Gasteiger partial charge in [0.1, 0.15) is 0 Å². The van der Waals surface area contributed by atoms with Crippen molar-refractivity contribution in [1.29, 1.82) is 0 Å². The molecule has 29 heavy (non-hydrogen) atoms. The van der Waals surface area contributed by atoms with E-state index in [0.29, 0.717) is 41.2 Å². The Labute approximate surface area is 168 Å². The highest BCUT2D eigenvalue weighted by Gasteiger charge is 2.23. The molecule has 1 saturated carbocycles. The summed E-state index contributed by atoms with van der Waals surface area (Å²) in [4.78, 5) is 23.1. The van der Waals surface area contributed by atoms with Crippen LogP contribution in [0.5, 0.6) is 17.2 Å². The molecule has 0 atom stereocenters. The van der Waals surface area contributed by atoms with Crippen LogP contribution in [0.1, 0.15) is 24.0 Å². The third-order valence-corrected chi connectivity index (χ3v) is 4.72. The molecule has 150 valence electrons. The fraction of sp³-hybridized carbons (Fsp3) is 0.227. The molecule has 0 aliphatic heterocycles. The number of allylic oxidation sites excluding steroid dienone is 2. The van der Waals surface area contributed by atoms with E-state index < -0.39 is 4.92 Å². The van der Waals surface area contributed by atoms with E-state index in [1.807, 2.05) is 6.08 Å². The van der Waals surface area contributed by atoms with E-state index in [1.54, 1.807) is 44.6 Å². The second-order valence-corrected chi connectivity index (χ2v) is 6.48. The summed E-state index contributed by atoms with van der Waals surface area (Å²) >= 11 is 0. The lowest BCUT2D eigenvalue weighted by Gasteiger charge is -2.13. The van der Waals surface area contributed by atoms with Crippen molar-refractivity contribution in [2.45, 2.75) is 12.8 Å². The van der Waals surface area contributed by atoms with Gasteiger partial charge >= 0.3 is 0 Å². The molecule has 0 radical (unpaired) electrons. The summed E-state index contributed by atoms with van der Waals surface area (Å²) in [7, 11) is 4.62. The second kappa shape index (κ2) is 8.60. The predicted octanol–water partition coefficient (Wildman–Crippen LogP) is 4.45. The van der Waals surface area contributed by atoms with Gasteiger partial charge in [-0.05, 0) is 60.4 Å². The zero-order valence-electron chi connectivity index (χ0n) is 16.4. The molecule has 0 unspecified atom stereocenters. The van der Waals surface area contributed by atoms with E-state index in [2.05, 4.69) is 0 Å². The zero-order valence-corrected chi connectivity index (χ0v) is 16.4. The van der Waals surface area contributed by atoms with Crippen LogP contribution in [-0.2, 0) is 4.79 Å². The summed E-state index contributed by atoms with van der Waals surface area (Å²) in [6.07, 6.45) is 4.84. The molecule has 0 N–H and O–H groups in total. The summed E-state index contributed by atoms with van der Waals surface area (Å²) < 4.78 is 16.0. The number of ketones is 1. The first-order valence-electron chi connectivity index (χ1n) is 8.97. The molecule has 0 saturated heterocycles. The number of ether oxygens (including phenoxy) is 3. The molecule has 3 rings (SSSR count). The van der Waals surface area contributed by atoms with E-state index in [0.717, 1.165) is 11.1 Å². The van der Waals surface area contributed by atoms with Crippen LogP contribution in [0.3, 0.4) is 0 Å². The number of nitrogens with zero attached hydrogens (tertiary/aromatic N) is 1. The van der Waals surface area contributed by atoms with Gasteiger partial charge in [0.2, 0.25) is 5.75 Å². The van der Waals surface area contributed by atoms with Crippen molar-refractivity contribution in [3.05, 3.63) is 68.8 Å². The number of carbonyl (C=O) groups excluding carboxylic acids is 1. The van der Waals surface area contributed by atoms with Gasteiger partial charge in [-0.3, -0.25) is 14.9 Å². The fourth-order valence-corrected chi connectivity index (χ4v) is 3.26. The third kappa shape index (κ3) is 4.29. The minimum absolute atomic E-state index is 0.0212. The van der Waals surface area contributed by atoms with Gasteiger partial charge in [0.15, 0.2) is 17.3 Å². The Kier molecular flexibility index (Phi) is 5.97. The summed E-state index contributed by atoms with van der Waals surface area (Å²) in [5.74, 6) is 1.50. The SMILES string of the molecule is COc1cc(/C=C2\CC/C(=C\c3ccc([N+](=O)[O-])cc3)C2=O)cc(OC)c1OC. The number of non-ortho nitro benzene ring substituents is 1. The Balaban J connectivity index is 1.87. The lowest BCUT2D eigenvalue weighted by atomic mass is 10.1. The number of Topliss-reactive ketones (excluding diaryl/α,β-unsaturated/α-hetero) is 1. The number of rotatable bonds is 6. The van der Waals surface area contributed by atoms with Crippen LogP contribution in [0, 0.1) is 10.1 Å². The average Bonchev–Trinajstić information content (AvgIpc) is 3.06. The van der Waals surface area contributed by atoms with Gasteiger partial charge in [-0.25, -0.2) is 0 Å². The molecule has 0 aromatic heterocycles. The normalized spacial score (nSPS) is 16.3. The van der Waals surface area contributed by atoms with Crippen molar-refractivity contribution in [1.82, 2.24) is 0 Å². The van der Waals surface area contributed by atoms with Crippen molar-refractivity contribution in [2.24, 2.45) is 0 Å². The minimum Gasteiger partial charge on any atom is -0.493 e. The minimum atomic E-state index is -0.449. The number of methoxy groups -OCH3 is 3. The molecule has 2 aromatic carbocycles. The Bertz CT molecular complexity index is 979. The summed E-state index contributed by atoms with van der Waals surface area (Å²) in [6, 6.07) is 9.72. The lowest BCUT2D eigenvalue weighted by Crippen LogP contribution is -1.97. The summed E-state index contributed by atoms with van der Waals surface area (Å²) in [5, 5.41) is 10.8. The zero-order chi connectivity index (χ0) is 21.0. The maximum Gasteiger partial charge on any atom is 0.269 e. The molecule has 0 bridgehead atoms.